The Hall–Kier alpha value is -2.77. The fourth-order valence-electron chi connectivity index (χ4n) is 1.80. The summed E-state index contributed by atoms with van der Waals surface area (Å²) >= 11 is 0. The molecule has 0 aliphatic rings. The second-order valence-corrected chi connectivity index (χ2v) is 5.70. The van der Waals surface area contributed by atoms with Crippen LogP contribution in [0.25, 0.3) is 0 Å². The molecule has 4 unspecified atom stereocenters. The summed E-state index contributed by atoms with van der Waals surface area (Å²) in [6.07, 6.45) is -1.52. The molecule has 10 N–H and O–H groups in total. The van der Waals surface area contributed by atoms with E-state index >= 15 is 0 Å². The summed E-state index contributed by atoms with van der Waals surface area (Å²) in [7, 11) is 0. The monoisotopic (exact) mass is 391 g/mol. The molecular formula is C14H25N5O8. The number of carbonyl (C=O) groups excluding carboxylic acids is 4. The first kappa shape index (κ1) is 24.2. The van der Waals surface area contributed by atoms with Crippen molar-refractivity contribution in [1.29, 1.82) is 0 Å². The number of hydrogen-bond donors (Lipinski definition) is 8. The van der Waals surface area contributed by atoms with Crippen molar-refractivity contribution >= 4 is 29.6 Å². The molecular weight excluding hydrogens is 366 g/mol. The largest absolute Gasteiger partial charge is 0.480 e. The van der Waals surface area contributed by atoms with E-state index in [1.807, 2.05) is 5.32 Å². The molecule has 27 heavy (non-hydrogen) atoms. The van der Waals surface area contributed by atoms with E-state index in [-0.39, 0.29) is 12.8 Å². The number of hydrogen-bond acceptors (Lipinski definition) is 8. The highest BCUT2D eigenvalue weighted by atomic mass is 16.4. The van der Waals surface area contributed by atoms with Crippen LogP contribution in [0.3, 0.4) is 0 Å². The van der Waals surface area contributed by atoms with Crippen LogP contribution in [0.15, 0.2) is 0 Å². The number of aliphatic carboxylic acids is 1. The summed E-state index contributed by atoms with van der Waals surface area (Å²) in [5.41, 5.74) is 10.4. The Morgan fingerprint density at radius 3 is 2.11 bits per heavy atom. The Morgan fingerprint density at radius 1 is 1.07 bits per heavy atom. The first-order valence-corrected chi connectivity index (χ1v) is 7.92. The molecule has 0 aliphatic carbocycles. The number of aliphatic hydroxyl groups excluding tert-OH is 2. The number of carboxylic acids is 1. The molecule has 0 spiro atoms. The lowest BCUT2D eigenvalue weighted by molar-refractivity contribution is -0.144. The number of nitrogens with two attached hydrogens (primary N) is 2. The lowest BCUT2D eigenvalue weighted by atomic mass is 10.1. The van der Waals surface area contributed by atoms with Gasteiger partial charge in [0.05, 0.1) is 25.3 Å². The summed E-state index contributed by atoms with van der Waals surface area (Å²) in [6, 6.07) is -4.20. The minimum absolute atomic E-state index is 0.0147. The third-order valence-corrected chi connectivity index (χ3v) is 3.34. The van der Waals surface area contributed by atoms with Gasteiger partial charge in [0.1, 0.15) is 12.1 Å². The summed E-state index contributed by atoms with van der Waals surface area (Å²) in [5.74, 6) is -4.76. The Balaban J connectivity index is 4.63. The van der Waals surface area contributed by atoms with E-state index in [2.05, 4.69) is 10.6 Å². The van der Waals surface area contributed by atoms with Gasteiger partial charge >= 0.3 is 5.97 Å². The summed E-state index contributed by atoms with van der Waals surface area (Å²) in [5, 5.41) is 33.5. The first-order valence-electron chi connectivity index (χ1n) is 7.92. The van der Waals surface area contributed by atoms with Gasteiger partial charge in [-0.25, -0.2) is 4.79 Å². The van der Waals surface area contributed by atoms with Gasteiger partial charge in [-0.1, -0.05) is 0 Å². The molecule has 0 bridgehead atoms. The topological polar surface area (TPSA) is 234 Å². The van der Waals surface area contributed by atoms with E-state index in [9.17, 15) is 29.1 Å². The van der Waals surface area contributed by atoms with Crippen molar-refractivity contribution in [2.24, 2.45) is 11.5 Å². The molecule has 4 amide bonds. The molecule has 0 radical (unpaired) electrons. The zero-order valence-electron chi connectivity index (χ0n) is 14.7. The number of rotatable bonds is 12. The minimum atomic E-state index is -1.61. The average Bonchev–Trinajstić information content (AvgIpc) is 2.58. The molecule has 4 atom stereocenters. The number of nitrogens with one attached hydrogen (secondary N) is 3. The molecule has 0 fully saturated rings. The van der Waals surface area contributed by atoms with Crippen LogP contribution in [0.5, 0.6) is 0 Å². The maximum atomic E-state index is 12.0. The zero-order valence-corrected chi connectivity index (χ0v) is 14.7. The van der Waals surface area contributed by atoms with E-state index in [4.69, 9.17) is 21.7 Å². The van der Waals surface area contributed by atoms with Gasteiger partial charge in [0, 0.05) is 6.42 Å². The third-order valence-electron chi connectivity index (χ3n) is 3.34. The number of aliphatic hydroxyl groups is 2. The lowest BCUT2D eigenvalue weighted by Gasteiger charge is -2.23. The number of carboxylic acid groups (broad SMARTS) is 1. The average molecular weight is 391 g/mol. The number of amides is 4. The van der Waals surface area contributed by atoms with Gasteiger partial charge < -0.3 is 42.7 Å². The van der Waals surface area contributed by atoms with Crippen LogP contribution in [-0.4, -0.2) is 82.3 Å². The fraction of sp³-hybridized carbons (Fsp3) is 0.643. The molecule has 13 heteroatoms. The van der Waals surface area contributed by atoms with E-state index in [0.717, 1.165) is 0 Å². The Labute approximate surface area is 154 Å². The molecule has 0 aliphatic heterocycles. The Kier molecular flexibility index (Phi) is 10.6. The van der Waals surface area contributed by atoms with E-state index < -0.39 is 67.0 Å². The summed E-state index contributed by atoms with van der Waals surface area (Å²) in [4.78, 5) is 57.0. The van der Waals surface area contributed by atoms with Gasteiger partial charge in [-0.2, -0.15) is 0 Å². The number of carbonyl (C=O) groups is 5. The Morgan fingerprint density at radius 2 is 1.67 bits per heavy atom. The highest BCUT2D eigenvalue weighted by molar-refractivity contribution is 5.92. The van der Waals surface area contributed by atoms with Gasteiger partial charge in [-0.3, -0.25) is 19.2 Å². The second-order valence-electron chi connectivity index (χ2n) is 5.70. The van der Waals surface area contributed by atoms with E-state index in [1.165, 1.54) is 6.92 Å². The minimum Gasteiger partial charge on any atom is -0.480 e. The standard InChI is InChI=1S/C14H25N5O8/c1-6(21)11(13(25)18-8(5-20)14(26)27)19-10(23)4-17-12(24)7(15)2-3-9(16)22/h6-8,11,20-21H,2-5,15H2,1H3,(H2,16,22)(H,17,24)(H,18,25)(H,19,23)(H,26,27). The van der Waals surface area contributed by atoms with Crippen molar-refractivity contribution in [1.82, 2.24) is 16.0 Å². The van der Waals surface area contributed by atoms with Gasteiger partial charge in [0.15, 0.2) is 0 Å². The summed E-state index contributed by atoms with van der Waals surface area (Å²) in [6.45, 7) is -0.291. The van der Waals surface area contributed by atoms with Crippen molar-refractivity contribution in [2.45, 2.75) is 44.0 Å². The highest BCUT2D eigenvalue weighted by Gasteiger charge is 2.29. The molecule has 0 saturated carbocycles. The van der Waals surface area contributed by atoms with Gasteiger partial charge in [0.2, 0.25) is 23.6 Å². The highest BCUT2D eigenvalue weighted by Crippen LogP contribution is 1.96. The maximum Gasteiger partial charge on any atom is 0.328 e. The normalized spacial score (nSPS) is 15.0. The predicted octanol–water partition coefficient (Wildman–Crippen LogP) is -4.88. The van der Waals surface area contributed by atoms with Crippen LogP contribution < -0.4 is 27.4 Å². The van der Waals surface area contributed by atoms with E-state index in [0.29, 0.717) is 0 Å². The molecule has 0 saturated heterocycles. The lowest BCUT2D eigenvalue weighted by Crippen LogP contribution is -2.57. The predicted molar refractivity (Wildman–Crippen MR) is 89.7 cm³/mol. The molecule has 0 rings (SSSR count). The van der Waals surface area contributed by atoms with Gasteiger partial charge in [-0.15, -0.1) is 0 Å². The molecule has 154 valence electrons. The van der Waals surface area contributed by atoms with Crippen molar-refractivity contribution in [3.63, 3.8) is 0 Å². The maximum absolute atomic E-state index is 12.0. The molecule has 0 heterocycles. The van der Waals surface area contributed by atoms with Crippen molar-refractivity contribution in [2.75, 3.05) is 13.2 Å². The van der Waals surface area contributed by atoms with Crippen LogP contribution in [0.2, 0.25) is 0 Å². The Bertz CT molecular complexity index is 568. The van der Waals surface area contributed by atoms with Crippen LogP contribution >= 0.6 is 0 Å². The van der Waals surface area contributed by atoms with Crippen LogP contribution in [0.4, 0.5) is 0 Å². The number of primary amides is 1. The quantitative estimate of drug-likeness (QED) is 0.159. The molecule has 0 aromatic heterocycles. The second kappa shape index (κ2) is 11.8. The molecule has 13 nitrogen and oxygen atoms in total. The van der Waals surface area contributed by atoms with Crippen LogP contribution in [0, 0.1) is 0 Å². The van der Waals surface area contributed by atoms with Crippen LogP contribution in [-0.2, 0) is 24.0 Å². The fourth-order valence-corrected chi connectivity index (χ4v) is 1.80. The SMILES string of the molecule is CC(O)C(NC(=O)CNC(=O)C(N)CCC(N)=O)C(=O)NC(CO)C(=O)O. The van der Waals surface area contributed by atoms with Gasteiger partial charge in [0.25, 0.3) is 0 Å². The van der Waals surface area contributed by atoms with Crippen molar-refractivity contribution in [3.05, 3.63) is 0 Å². The van der Waals surface area contributed by atoms with Crippen molar-refractivity contribution < 1.29 is 39.3 Å². The zero-order chi connectivity index (χ0) is 21.1. The molecule has 0 aromatic carbocycles. The third kappa shape index (κ3) is 9.48. The van der Waals surface area contributed by atoms with E-state index in [1.54, 1.807) is 0 Å². The van der Waals surface area contributed by atoms with Crippen molar-refractivity contribution in [3.8, 4) is 0 Å². The van der Waals surface area contributed by atoms with Gasteiger partial charge in [-0.05, 0) is 13.3 Å². The summed E-state index contributed by atoms with van der Waals surface area (Å²) < 4.78 is 0. The first-order chi connectivity index (χ1) is 12.5. The molecule has 0 aromatic rings. The smallest absolute Gasteiger partial charge is 0.328 e. The van der Waals surface area contributed by atoms with Crippen LogP contribution in [0.1, 0.15) is 19.8 Å².